The molecule has 0 radical (unpaired) electrons. The zero-order valence-electron chi connectivity index (χ0n) is 10.0. The van der Waals surface area contributed by atoms with E-state index in [-0.39, 0.29) is 0 Å². The van der Waals surface area contributed by atoms with E-state index in [0.717, 1.165) is 32.2 Å². The van der Waals surface area contributed by atoms with E-state index >= 15 is 0 Å². The van der Waals surface area contributed by atoms with Crippen LogP contribution in [-0.4, -0.2) is 23.2 Å². The minimum atomic E-state index is -0.672. The van der Waals surface area contributed by atoms with Crippen LogP contribution in [0, 0.1) is 11.8 Å². The predicted octanol–water partition coefficient (Wildman–Crippen LogP) is 2.27. The first-order chi connectivity index (χ1) is 7.00. The van der Waals surface area contributed by atoms with Crippen LogP contribution in [0.1, 0.15) is 46.5 Å². The third kappa shape index (κ3) is 2.94. The van der Waals surface area contributed by atoms with E-state index in [2.05, 4.69) is 26.1 Å². The molecule has 0 aromatic heterocycles. The molecule has 0 aromatic carbocycles. The van der Waals surface area contributed by atoms with Gasteiger partial charge < -0.3 is 10.4 Å². The summed E-state index contributed by atoms with van der Waals surface area (Å²) < 4.78 is 0. The molecule has 1 saturated carbocycles. The van der Waals surface area contributed by atoms with Crippen molar-refractivity contribution in [2.75, 3.05) is 6.54 Å². The molecular weight excluding hydrogens is 190 g/mol. The molecule has 2 N–H and O–H groups in total. The molecule has 0 aromatic rings. The van der Waals surface area contributed by atoms with E-state index < -0.39 is 11.5 Å². The molecule has 2 atom stereocenters. The number of hydrogen-bond acceptors (Lipinski definition) is 2. The number of rotatable bonds is 4. The number of carboxylic acids is 1. The van der Waals surface area contributed by atoms with Gasteiger partial charge in [-0.3, -0.25) is 4.79 Å². The SMILES string of the molecule is CCCNC1(C(=O)O)CC(C)CC(C)C1. The van der Waals surface area contributed by atoms with Gasteiger partial charge in [0.2, 0.25) is 0 Å². The van der Waals surface area contributed by atoms with E-state index in [1.807, 2.05) is 0 Å². The van der Waals surface area contributed by atoms with Gasteiger partial charge in [-0.05, 0) is 44.1 Å². The molecule has 1 rings (SSSR count). The van der Waals surface area contributed by atoms with Gasteiger partial charge >= 0.3 is 5.97 Å². The Kier molecular flexibility index (Phi) is 4.14. The fourth-order valence-corrected chi connectivity index (χ4v) is 2.89. The van der Waals surface area contributed by atoms with Gasteiger partial charge in [0.15, 0.2) is 0 Å². The van der Waals surface area contributed by atoms with E-state index in [1.165, 1.54) is 0 Å². The van der Waals surface area contributed by atoms with Crippen molar-refractivity contribution < 1.29 is 9.90 Å². The molecule has 0 saturated heterocycles. The van der Waals surface area contributed by atoms with Crippen LogP contribution in [0.25, 0.3) is 0 Å². The van der Waals surface area contributed by atoms with Gasteiger partial charge in [-0.15, -0.1) is 0 Å². The molecule has 2 unspecified atom stereocenters. The Hall–Kier alpha value is -0.570. The largest absolute Gasteiger partial charge is 0.480 e. The van der Waals surface area contributed by atoms with Gasteiger partial charge in [0.05, 0.1) is 0 Å². The molecule has 3 heteroatoms. The third-order valence-electron chi connectivity index (χ3n) is 3.32. The highest BCUT2D eigenvalue weighted by atomic mass is 16.4. The average Bonchev–Trinajstić information content (AvgIpc) is 2.13. The Morgan fingerprint density at radius 3 is 2.33 bits per heavy atom. The lowest BCUT2D eigenvalue weighted by atomic mass is 9.71. The van der Waals surface area contributed by atoms with E-state index in [4.69, 9.17) is 0 Å². The highest BCUT2D eigenvalue weighted by Crippen LogP contribution is 2.36. The summed E-state index contributed by atoms with van der Waals surface area (Å²) in [6, 6.07) is 0. The molecule has 3 nitrogen and oxygen atoms in total. The van der Waals surface area contributed by atoms with Crippen molar-refractivity contribution in [2.45, 2.75) is 52.0 Å². The van der Waals surface area contributed by atoms with Crippen molar-refractivity contribution in [3.05, 3.63) is 0 Å². The molecular formula is C12H23NO2. The summed E-state index contributed by atoms with van der Waals surface area (Å²) in [6.45, 7) is 7.17. The van der Waals surface area contributed by atoms with E-state index in [9.17, 15) is 9.90 Å². The molecule has 0 amide bonds. The molecule has 0 spiro atoms. The predicted molar refractivity (Wildman–Crippen MR) is 60.8 cm³/mol. The van der Waals surface area contributed by atoms with Crippen LogP contribution >= 0.6 is 0 Å². The van der Waals surface area contributed by atoms with E-state index in [1.54, 1.807) is 0 Å². The zero-order valence-corrected chi connectivity index (χ0v) is 10.0. The van der Waals surface area contributed by atoms with Crippen LogP contribution in [0.4, 0.5) is 0 Å². The van der Waals surface area contributed by atoms with Crippen molar-refractivity contribution in [3.63, 3.8) is 0 Å². The Morgan fingerprint density at radius 1 is 1.40 bits per heavy atom. The van der Waals surface area contributed by atoms with Crippen LogP contribution in [0.2, 0.25) is 0 Å². The normalized spacial score (nSPS) is 36.5. The Bertz CT molecular complexity index is 218. The number of aliphatic carboxylic acids is 1. The van der Waals surface area contributed by atoms with Crippen molar-refractivity contribution >= 4 is 5.97 Å². The summed E-state index contributed by atoms with van der Waals surface area (Å²) in [7, 11) is 0. The molecule has 15 heavy (non-hydrogen) atoms. The summed E-state index contributed by atoms with van der Waals surface area (Å²) in [4.78, 5) is 11.4. The number of hydrogen-bond donors (Lipinski definition) is 2. The second kappa shape index (κ2) is 4.97. The van der Waals surface area contributed by atoms with Gasteiger partial charge in [-0.25, -0.2) is 0 Å². The van der Waals surface area contributed by atoms with Gasteiger partial charge in [-0.2, -0.15) is 0 Å². The van der Waals surface area contributed by atoms with Gasteiger partial charge in [0.1, 0.15) is 5.54 Å². The summed E-state index contributed by atoms with van der Waals surface area (Å²) >= 11 is 0. The van der Waals surface area contributed by atoms with Gasteiger partial charge in [0, 0.05) is 0 Å². The Labute approximate surface area is 92.3 Å². The molecule has 0 heterocycles. The van der Waals surface area contributed by atoms with Crippen molar-refractivity contribution in [1.29, 1.82) is 0 Å². The van der Waals surface area contributed by atoms with Crippen LogP contribution in [0.3, 0.4) is 0 Å². The lowest BCUT2D eigenvalue weighted by Crippen LogP contribution is -2.56. The van der Waals surface area contributed by atoms with Crippen molar-refractivity contribution in [1.82, 2.24) is 5.32 Å². The minimum Gasteiger partial charge on any atom is -0.480 e. The number of carboxylic acid groups (broad SMARTS) is 1. The second-order valence-electron chi connectivity index (χ2n) is 5.17. The summed E-state index contributed by atoms with van der Waals surface area (Å²) in [5, 5.41) is 12.6. The standard InChI is InChI=1S/C12H23NO2/c1-4-5-13-12(11(14)15)7-9(2)6-10(3)8-12/h9-10,13H,4-8H2,1-3H3,(H,14,15). The summed E-state index contributed by atoms with van der Waals surface area (Å²) in [5.74, 6) is 0.345. The van der Waals surface area contributed by atoms with Crippen LogP contribution < -0.4 is 5.32 Å². The first kappa shape index (κ1) is 12.5. The Balaban J connectivity index is 2.74. The van der Waals surface area contributed by atoms with Gasteiger partial charge in [-0.1, -0.05) is 20.8 Å². The molecule has 1 aliphatic carbocycles. The smallest absolute Gasteiger partial charge is 0.323 e. The van der Waals surface area contributed by atoms with Crippen molar-refractivity contribution in [2.24, 2.45) is 11.8 Å². The number of carbonyl (C=O) groups is 1. The van der Waals surface area contributed by atoms with E-state index in [0.29, 0.717) is 11.8 Å². The number of nitrogens with one attached hydrogen (secondary N) is 1. The first-order valence-electron chi connectivity index (χ1n) is 5.98. The molecule has 1 aliphatic rings. The van der Waals surface area contributed by atoms with Crippen molar-refractivity contribution in [3.8, 4) is 0 Å². The second-order valence-corrected chi connectivity index (χ2v) is 5.17. The zero-order chi connectivity index (χ0) is 11.5. The van der Waals surface area contributed by atoms with Crippen LogP contribution in [0.5, 0.6) is 0 Å². The topological polar surface area (TPSA) is 49.3 Å². The lowest BCUT2D eigenvalue weighted by molar-refractivity contribution is -0.148. The molecule has 0 aliphatic heterocycles. The summed E-state index contributed by atoms with van der Waals surface area (Å²) in [6.07, 6.45) is 3.68. The maximum atomic E-state index is 11.4. The summed E-state index contributed by atoms with van der Waals surface area (Å²) in [5.41, 5.74) is -0.660. The van der Waals surface area contributed by atoms with Gasteiger partial charge in [0.25, 0.3) is 0 Å². The first-order valence-corrected chi connectivity index (χ1v) is 5.98. The lowest BCUT2D eigenvalue weighted by Gasteiger charge is -2.40. The fourth-order valence-electron chi connectivity index (χ4n) is 2.89. The average molecular weight is 213 g/mol. The maximum Gasteiger partial charge on any atom is 0.323 e. The molecule has 0 bridgehead atoms. The quantitative estimate of drug-likeness (QED) is 0.753. The maximum absolute atomic E-state index is 11.4. The van der Waals surface area contributed by atoms with Crippen LogP contribution in [-0.2, 0) is 4.79 Å². The highest BCUT2D eigenvalue weighted by Gasteiger charge is 2.43. The highest BCUT2D eigenvalue weighted by molar-refractivity contribution is 5.79. The monoisotopic (exact) mass is 213 g/mol. The third-order valence-corrected chi connectivity index (χ3v) is 3.32. The van der Waals surface area contributed by atoms with Crippen LogP contribution in [0.15, 0.2) is 0 Å². The molecule has 88 valence electrons. The molecule has 1 fully saturated rings. The Morgan fingerprint density at radius 2 is 1.93 bits per heavy atom. The fraction of sp³-hybridized carbons (Fsp3) is 0.917. The minimum absolute atomic E-state index is 0.509.